The van der Waals surface area contributed by atoms with Gasteiger partial charge in [0.25, 0.3) is 0 Å². The average molecular weight is 517 g/mol. The lowest BCUT2D eigenvalue weighted by Crippen LogP contribution is -2.15. The van der Waals surface area contributed by atoms with Gasteiger partial charge in [-0.2, -0.15) is 0 Å². The molecule has 118 valence electrons. The van der Waals surface area contributed by atoms with Crippen molar-refractivity contribution in [2.45, 2.75) is 14.7 Å². The summed E-state index contributed by atoms with van der Waals surface area (Å²) in [4.78, 5) is 2.41. The lowest BCUT2D eigenvalue weighted by molar-refractivity contribution is 0.669. The molecule has 0 aliphatic heterocycles. The summed E-state index contributed by atoms with van der Waals surface area (Å²) in [7, 11) is -2.99. The fraction of sp³-hybridized carbons (Fsp3) is 0. The van der Waals surface area contributed by atoms with Gasteiger partial charge in [0.2, 0.25) is 0 Å². The van der Waals surface area contributed by atoms with Crippen LogP contribution in [0.1, 0.15) is 0 Å². The quantitative estimate of drug-likeness (QED) is 0.395. The molecule has 0 spiro atoms. The van der Waals surface area contributed by atoms with Crippen LogP contribution in [0, 0.1) is 0 Å². The molecule has 5 heteroatoms. The minimum absolute atomic E-state index is 0.776. The molecule has 3 aromatic rings. The van der Waals surface area contributed by atoms with Crippen molar-refractivity contribution in [3.05, 3.63) is 86.2 Å². The van der Waals surface area contributed by atoms with Crippen molar-refractivity contribution in [1.29, 1.82) is 0 Å². The molecule has 23 heavy (non-hydrogen) atoms. The smallest absolute Gasteiger partial charge is 0.0514 e. The molecule has 0 heterocycles. The number of halogens is 3. The van der Waals surface area contributed by atoms with E-state index in [-0.39, 0.29) is 0 Å². The van der Waals surface area contributed by atoms with Crippen LogP contribution in [0.15, 0.2) is 101 Å². The van der Waals surface area contributed by atoms with Crippen LogP contribution in [0.25, 0.3) is 0 Å². The van der Waals surface area contributed by atoms with Crippen LogP contribution in [0.3, 0.4) is 0 Å². The highest BCUT2D eigenvalue weighted by Crippen LogP contribution is 2.44. The summed E-state index contributed by atoms with van der Waals surface area (Å²) in [5.74, 6) is 0. The minimum Gasteiger partial charge on any atom is -0.271 e. The van der Waals surface area contributed by atoms with Gasteiger partial charge in [0, 0.05) is 23.2 Å². The Morgan fingerprint density at radius 1 is 0.652 bits per heavy atom. The Hall–Kier alpha value is -0.750. The first-order valence-corrected chi connectivity index (χ1v) is 11.0. The molecule has 1 nitrogen and oxygen atoms in total. The third-order valence-corrected chi connectivity index (χ3v) is 9.02. The average Bonchev–Trinajstić information content (AvgIpc) is 2.55. The largest absolute Gasteiger partial charge is 0.271 e. The van der Waals surface area contributed by atoms with E-state index in [1.165, 1.54) is 0 Å². The maximum atomic E-state index is 14.3. The molecule has 0 aromatic heterocycles. The molecule has 3 aromatic carbocycles. The Bertz CT molecular complexity index is 813. The SMILES string of the molecule is O=[SH](c1ccccc1)(c1ccccc1)c1c(Br)cc(Br)cc1Br. The van der Waals surface area contributed by atoms with Crippen LogP contribution < -0.4 is 0 Å². The first kappa shape index (κ1) is 17.1. The molecule has 0 bridgehead atoms. The second-order valence-corrected chi connectivity index (χ2v) is 10.3. The second-order valence-electron chi connectivity index (χ2n) is 5.00. The van der Waals surface area contributed by atoms with Crippen molar-refractivity contribution in [1.82, 2.24) is 0 Å². The first-order valence-electron chi connectivity index (χ1n) is 6.90. The number of hydrogen-bond acceptors (Lipinski definition) is 1. The van der Waals surface area contributed by atoms with Crippen LogP contribution in [0.2, 0.25) is 0 Å². The van der Waals surface area contributed by atoms with Crippen LogP contribution in [0.5, 0.6) is 0 Å². The zero-order chi connectivity index (χ0) is 16.4. The van der Waals surface area contributed by atoms with E-state index in [0.717, 1.165) is 28.1 Å². The lowest BCUT2D eigenvalue weighted by atomic mass is 10.4. The minimum atomic E-state index is -2.99. The summed E-state index contributed by atoms with van der Waals surface area (Å²) in [6.45, 7) is 0. The van der Waals surface area contributed by atoms with Crippen molar-refractivity contribution in [2.24, 2.45) is 0 Å². The van der Waals surface area contributed by atoms with Crippen molar-refractivity contribution >= 4 is 57.7 Å². The van der Waals surface area contributed by atoms with Crippen molar-refractivity contribution in [2.75, 3.05) is 0 Å². The van der Waals surface area contributed by atoms with Crippen LogP contribution in [0.4, 0.5) is 0 Å². The van der Waals surface area contributed by atoms with Crippen molar-refractivity contribution in [3.63, 3.8) is 0 Å². The standard InChI is InChI=1S/C18H13Br3OS/c19-13-11-16(20)18(17(21)12-13)23(22,14-7-3-1-4-8-14)15-9-5-2-6-10-15/h1-12,23H. The molecule has 0 amide bonds. The van der Waals surface area contributed by atoms with E-state index < -0.39 is 9.93 Å². The monoisotopic (exact) mass is 514 g/mol. The predicted octanol–water partition coefficient (Wildman–Crippen LogP) is 6.47. The van der Waals surface area contributed by atoms with Gasteiger partial charge in [-0.1, -0.05) is 52.3 Å². The molecule has 0 fully saturated rings. The molecule has 0 unspecified atom stereocenters. The summed E-state index contributed by atoms with van der Waals surface area (Å²) >= 11 is 10.7. The molecule has 0 saturated carbocycles. The number of thiol groups is 1. The third-order valence-electron chi connectivity index (χ3n) is 3.54. The zero-order valence-corrected chi connectivity index (χ0v) is 17.6. The number of hydrogen-bond donors (Lipinski definition) is 1. The van der Waals surface area contributed by atoms with Gasteiger partial charge >= 0.3 is 0 Å². The Kier molecular flexibility index (Phi) is 5.21. The van der Waals surface area contributed by atoms with Gasteiger partial charge in [-0.3, -0.25) is 4.21 Å². The van der Waals surface area contributed by atoms with Gasteiger partial charge in [-0.25, -0.2) is 0 Å². The summed E-state index contributed by atoms with van der Waals surface area (Å²) in [6, 6.07) is 23.1. The summed E-state index contributed by atoms with van der Waals surface area (Å²) in [6.07, 6.45) is 0. The maximum absolute atomic E-state index is 14.3. The highest BCUT2D eigenvalue weighted by Gasteiger charge is 2.28. The van der Waals surface area contributed by atoms with E-state index in [9.17, 15) is 4.21 Å². The van der Waals surface area contributed by atoms with Gasteiger partial charge < -0.3 is 0 Å². The van der Waals surface area contributed by atoms with Gasteiger partial charge in [0.15, 0.2) is 0 Å². The fourth-order valence-electron chi connectivity index (χ4n) is 2.52. The van der Waals surface area contributed by atoms with E-state index in [1.807, 2.05) is 72.8 Å². The topological polar surface area (TPSA) is 17.1 Å². The Morgan fingerprint density at radius 2 is 1.04 bits per heavy atom. The molecular formula is C18H13Br3OS. The summed E-state index contributed by atoms with van der Waals surface area (Å²) in [5.41, 5.74) is 0. The Morgan fingerprint density at radius 3 is 1.43 bits per heavy atom. The molecule has 0 radical (unpaired) electrons. The molecule has 0 saturated heterocycles. The van der Waals surface area contributed by atoms with Crippen LogP contribution in [-0.2, 0) is 9.93 Å². The Labute approximate surface area is 161 Å². The van der Waals surface area contributed by atoms with Crippen molar-refractivity contribution in [3.8, 4) is 0 Å². The fourth-order valence-corrected chi connectivity index (χ4v) is 9.00. The summed E-state index contributed by atoms with van der Waals surface area (Å²) < 4.78 is 16.8. The highest BCUT2D eigenvalue weighted by atomic mass is 79.9. The molecule has 0 aliphatic rings. The summed E-state index contributed by atoms with van der Waals surface area (Å²) in [5, 5.41) is 0. The molecule has 3 rings (SSSR count). The van der Waals surface area contributed by atoms with E-state index >= 15 is 0 Å². The molecular weight excluding hydrogens is 504 g/mol. The van der Waals surface area contributed by atoms with Crippen molar-refractivity contribution < 1.29 is 4.21 Å². The molecule has 0 atom stereocenters. The zero-order valence-electron chi connectivity index (χ0n) is 11.9. The van der Waals surface area contributed by atoms with E-state index in [2.05, 4.69) is 47.8 Å². The van der Waals surface area contributed by atoms with Crippen LogP contribution >= 0.6 is 47.8 Å². The molecule has 0 N–H and O–H groups in total. The van der Waals surface area contributed by atoms with Crippen LogP contribution in [-0.4, -0.2) is 4.21 Å². The predicted molar refractivity (Wildman–Crippen MR) is 107 cm³/mol. The lowest BCUT2D eigenvalue weighted by Gasteiger charge is -2.27. The van der Waals surface area contributed by atoms with E-state index in [1.54, 1.807) is 0 Å². The third kappa shape index (κ3) is 3.25. The highest BCUT2D eigenvalue weighted by molar-refractivity contribution is 9.11. The van der Waals surface area contributed by atoms with Gasteiger partial charge in [-0.15, -0.1) is 0 Å². The first-order chi connectivity index (χ1) is 11.0. The van der Waals surface area contributed by atoms with Gasteiger partial charge in [-0.05, 0) is 78.2 Å². The Balaban J connectivity index is 2.38. The second kappa shape index (κ2) is 7.01. The number of benzene rings is 3. The van der Waals surface area contributed by atoms with Gasteiger partial charge in [0.05, 0.1) is 4.90 Å². The molecule has 0 aliphatic carbocycles. The maximum Gasteiger partial charge on any atom is 0.0514 e. The van der Waals surface area contributed by atoms with Gasteiger partial charge in [0.1, 0.15) is 0 Å². The number of rotatable bonds is 3. The van der Waals surface area contributed by atoms with E-state index in [0.29, 0.717) is 0 Å². The normalized spacial score (nSPS) is 12.1. The van der Waals surface area contributed by atoms with E-state index in [4.69, 9.17) is 0 Å².